The van der Waals surface area contributed by atoms with Gasteiger partial charge in [-0.1, -0.05) is 63.2 Å². The van der Waals surface area contributed by atoms with Crippen LogP contribution in [0, 0.1) is 0 Å². The fraction of sp³-hybridized carbons (Fsp3) is 0.348. The second-order valence-electron chi connectivity index (χ2n) is 7.49. The number of carbonyl (C=O) groups is 1. The van der Waals surface area contributed by atoms with E-state index in [9.17, 15) is 9.90 Å². The van der Waals surface area contributed by atoms with Crippen LogP contribution < -0.4 is 0 Å². The minimum absolute atomic E-state index is 0.0278. The molecule has 0 saturated carbocycles. The van der Waals surface area contributed by atoms with E-state index in [2.05, 4.69) is 31.0 Å². The highest BCUT2D eigenvalue weighted by Crippen LogP contribution is 2.25. The predicted molar refractivity (Wildman–Crippen MR) is 112 cm³/mol. The van der Waals surface area contributed by atoms with E-state index < -0.39 is 5.97 Å². The highest BCUT2D eigenvalue weighted by molar-refractivity contribution is 5.88. The highest BCUT2D eigenvalue weighted by atomic mass is 16.5. The molecule has 29 heavy (non-hydrogen) atoms. The van der Waals surface area contributed by atoms with Crippen molar-refractivity contribution in [2.45, 2.75) is 39.7 Å². The molecule has 0 bridgehead atoms. The van der Waals surface area contributed by atoms with Gasteiger partial charge in [0.2, 0.25) is 5.70 Å². The zero-order chi connectivity index (χ0) is 21.3. The molecule has 0 saturated heterocycles. The summed E-state index contributed by atoms with van der Waals surface area (Å²) in [6.45, 7) is 8.34. The molecule has 1 N–H and O–H groups in total. The normalized spacial score (nSPS) is 12.7. The first-order valence-corrected chi connectivity index (χ1v) is 9.54. The number of nitrogens with zero attached hydrogens (tertiary/aromatic N) is 2. The molecule has 0 radical (unpaired) electrons. The van der Waals surface area contributed by atoms with Crippen molar-refractivity contribution in [3.05, 3.63) is 77.2 Å². The lowest BCUT2D eigenvalue weighted by atomic mass is 9.87. The molecule has 0 heterocycles. The van der Waals surface area contributed by atoms with Crippen LogP contribution in [0.15, 0.2) is 76.3 Å². The number of benzene rings is 2. The summed E-state index contributed by atoms with van der Waals surface area (Å²) in [4.78, 5) is 12.2. The van der Waals surface area contributed by atoms with Crippen molar-refractivity contribution >= 4 is 11.7 Å². The lowest BCUT2D eigenvalue weighted by molar-refractivity contribution is -0.138. The molecule has 0 aliphatic rings. The number of hydrogen-bond acceptors (Lipinski definition) is 6. The molecule has 0 fully saturated rings. The average Bonchev–Trinajstić information content (AvgIpc) is 2.69. The summed E-state index contributed by atoms with van der Waals surface area (Å²) < 4.78 is 10.5. The number of rotatable bonds is 8. The van der Waals surface area contributed by atoms with Crippen LogP contribution in [0.4, 0.5) is 5.69 Å². The van der Waals surface area contributed by atoms with Gasteiger partial charge < -0.3 is 14.6 Å². The Morgan fingerprint density at radius 3 is 2.28 bits per heavy atom. The maximum atomic E-state index is 12.2. The molecule has 2 aromatic rings. The van der Waals surface area contributed by atoms with Gasteiger partial charge in [-0.2, -0.15) is 5.11 Å². The topological polar surface area (TPSA) is 80.5 Å². The molecular formula is C23H28N2O4. The minimum Gasteiger partial charge on any atom is -0.507 e. The summed E-state index contributed by atoms with van der Waals surface area (Å²) in [6.07, 6.45) is 0. The molecule has 0 aliphatic heterocycles. The van der Waals surface area contributed by atoms with E-state index in [1.165, 1.54) is 0 Å². The van der Waals surface area contributed by atoms with Gasteiger partial charge in [0.1, 0.15) is 6.61 Å². The van der Waals surface area contributed by atoms with Gasteiger partial charge >= 0.3 is 5.97 Å². The fourth-order valence-electron chi connectivity index (χ4n) is 2.46. The fourth-order valence-corrected chi connectivity index (χ4v) is 2.46. The second-order valence-corrected chi connectivity index (χ2v) is 7.49. The standard InChI is InChI=1S/C23H28N2O4/c1-5-29-22(27)21(20(26)16-28-15-17-9-7-6-8-10-17)25-24-19-13-11-18(12-14-19)23(2,3)4/h6-14,26H,5,15-16H2,1-4H3. The van der Waals surface area contributed by atoms with E-state index in [-0.39, 0.29) is 30.1 Å². The van der Waals surface area contributed by atoms with Gasteiger partial charge in [0.25, 0.3) is 0 Å². The number of esters is 1. The Bertz CT molecular complexity index is 851. The molecule has 154 valence electrons. The largest absolute Gasteiger partial charge is 0.507 e. The summed E-state index contributed by atoms with van der Waals surface area (Å²) in [6, 6.07) is 17.1. The first-order chi connectivity index (χ1) is 13.8. The van der Waals surface area contributed by atoms with Crippen LogP contribution in [0.2, 0.25) is 0 Å². The van der Waals surface area contributed by atoms with E-state index >= 15 is 0 Å². The minimum atomic E-state index is -0.747. The van der Waals surface area contributed by atoms with Crippen LogP contribution in [0.5, 0.6) is 0 Å². The van der Waals surface area contributed by atoms with Crippen LogP contribution in [0.25, 0.3) is 0 Å². The van der Waals surface area contributed by atoms with E-state index in [1.807, 2.05) is 54.6 Å². The Kier molecular flexibility index (Phi) is 8.09. The van der Waals surface area contributed by atoms with Gasteiger partial charge in [0, 0.05) is 0 Å². The molecule has 0 amide bonds. The SMILES string of the molecule is CCOC(=O)C(N=Nc1ccc(C(C)(C)C)cc1)=C(O)COCc1ccccc1. The summed E-state index contributed by atoms with van der Waals surface area (Å²) in [5.41, 5.74) is 2.45. The quantitative estimate of drug-likeness (QED) is 0.272. The van der Waals surface area contributed by atoms with Crippen molar-refractivity contribution in [1.82, 2.24) is 0 Å². The molecular weight excluding hydrogens is 368 g/mol. The zero-order valence-electron chi connectivity index (χ0n) is 17.4. The van der Waals surface area contributed by atoms with Crippen LogP contribution in [0.3, 0.4) is 0 Å². The molecule has 6 heteroatoms. The summed E-state index contributed by atoms with van der Waals surface area (Å²) in [5, 5.41) is 18.3. The smallest absolute Gasteiger partial charge is 0.362 e. The van der Waals surface area contributed by atoms with Crippen molar-refractivity contribution in [2.75, 3.05) is 13.2 Å². The number of aliphatic hydroxyl groups is 1. The monoisotopic (exact) mass is 396 g/mol. The molecule has 0 aliphatic carbocycles. The third kappa shape index (κ3) is 7.16. The molecule has 6 nitrogen and oxygen atoms in total. The molecule has 0 aromatic heterocycles. The Morgan fingerprint density at radius 1 is 1.03 bits per heavy atom. The number of ether oxygens (including phenoxy) is 2. The van der Waals surface area contributed by atoms with Gasteiger partial charge in [0.05, 0.1) is 18.9 Å². The third-order valence-corrected chi connectivity index (χ3v) is 4.09. The molecule has 0 unspecified atom stereocenters. The molecule has 0 atom stereocenters. The van der Waals surface area contributed by atoms with Crippen LogP contribution in [0.1, 0.15) is 38.8 Å². The number of aliphatic hydroxyl groups excluding tert-OH is 1. The van der Waals surface area contributed by atoms with Crippen molar-refractivity contribution in [3.63, 3.8) is 0 Å². The van der Waals surface area contributed by atoms with E-state index in [4.69, 9.17) is 9.47 Å². The van der Waals surface area contributed by atoms with Crippen molar-refractivity contribution in [1.29, 1.82) is 0 Å². The summed E-state index contributed by atoms with van der Waals surface area (Å²) in [5.74, 6) is -1.07. The average molecular weight is 396 g/mol. The lowest BCUT2D eigenvalue weighted by Gasteiger charge is -2.18. The number of azo groups is 1. The zero-order valence-corrected chi connectivity index (χ0v) is 17.4. The predicted octanol–water partition coefficient (Wildman–Crippen LogP) is 5.62. The van der Waals surface area contributed by atoms with Crippen molar-refractivity contribution in [2.24, 2.45) is 10.2 Å². The van der Waals surface area contributed by atoms with Crippen molar-refractivity contribution in [3.8, 4) is 0 Å². The third-order valence-electron chi connectivity index (χ3n) is 4.09. The van der Waals surface area contributed by atoms with Crippen molar-refractivity contribution < 1.29 is 19.4 Å². The molecule has 2 aromatic carbocycles. The lowest BCUT2D eigenvalue weighted by Crippen LogP contribution is -2.11. The maximum absolute atomic E-state index is 12.2. The van der Waals surface area contributed by atoms with E-state index in [0.717, 1.165) is 11.1 Å². The number of hydrogen-bond donors (Lipinski definition) is 1. The van der Waals surface area contributed by atoms with Gasteiger partial charge in [-0.05, 0) is 35.6 Å². The van der Waals surface area contributed by atoms with Gasteiger partial charge in [0.15, 0.2) is 5.76 Å². The van der Waals surface area contributed by atoms with Crippen LogP contribution in [-0.4, -0.2) is 24.3 Å². The van der Waals surface area contributed by atoms with Gasteiger partial charge in [-0.3, -0.25) is 0 Å². The van der Waals surface area contributed by atoms with E-state index in [1.54, 1.807) is 6.92 Å². The van der Waals surface area contributed by atoms with Crippen LogP contribution in [-0.2, 0) is 26.3 Å². The highest BCUT2D eigenvalue weighted by Gasteiger charge is 2.17. The Labute approximate surface area is 171 Å². The van der Waals surface area contributed by atoms with Crippen LogP contribution >= 0.6 is 0 Å². The van der Waals surface area contributed by atoms with E-state index in [0.29, 0.717) is 12.3 Å². The Morgan fingerprint density at radius 2 is 1.69 bits per heavy atom. The maximum Gasteiger partial charge on any atom is 0.362 e. The van der Waals surface area contributed by atoms with Gasteiger partial charge in [-0.15, -0.1) is 5.11 Å². The molecule has 0 spiro atoms. The Hall–Kier alpha value is -2.99. The van der Waals surface area contributed by atoms with Gasteiger partial charge in [-0.25, -0.2) is 4.79 Å². The molecule has 2 rings (SSSR count). The summed E-state index contributed by atoms with van der Waals surface area (Å²) in [7, 11) is 0. The first kappa shape index (κ1) is 22.3. The summed E-state index contributed by atoms with van der Waals surface area (Å²) >= 11 is 0. The Balaban J connectivity index is 2.12. The first-order valence-electron chi connectivity index (χ1n) is 9.54. The number of carbonyl (C=O) groups excluding carboxylic acids is 1. The second kappa shape index (κ2) is 10.5.